The Hall–Kier alpha value is -1.62. The smallest absolute Gasteiger partial charge is 0.339 e. The first-order valence-electron chi connectivity index (χ1n) is 7.44. The van der Waals surface area contributed by atoms with Crippen LogP contribution in [0.5, 0.6) is 5.75 Å². The predicted molar refractivity (Wildman–Crippen MR) is 113 cm³/mol. The van der Waals surface area contributed by atoms with Gasteiger partial charge < -0.3 is 9.92 Å². The van der Waals surface area contributed by atoms with Gasteiger partial charge in [-0.05, 0) is 86.5 Å². The zero-order valence-corrected chi connectivity index (χ0v) is 18.6. The van der Waals surface area contributed by atoms with Gasteiger partial charge in [0.2, 0.25) is 0 Å². The molecule has 0 bridgehead atoms. The Kier molecular flexibility index (Phi) is 5.80. The minimum absolute atomic E-state index is 0.0543. The van der Waals surface area contributed by atoms with E-state index in [0.29, 0.717) is 19.4 Å². The molecule has 2 aromatic rings. The fourth-order valence-electron chi connectivity index (χ4n) is 2.18. The Labute approximate surface area is 177 Å². The highest BCUT2D eigenvalue weighted by Crippen LogP contribution is 2.38. The molecule has 0 aromatic heterocycles. The Bertz CT molecular complexity index is 1070. The number of hydrogen-bond donors (Lipinski definition) is 1. The van der Waals surface area contributed by atoms with Crippen LogP contribution in [0.4, 0.5) is 0 Å². The molecule has 0 unspecified atom stereocenters. The first-order valence-corrected chi connectivity index (χ1v) is 11.2. The molecule has 3 rings (SSSR count). The molecule has 2 aromatic carbocycles. The lowest BCUT2D eigenvalue weighted by Gasteiger charge is -2.12. The van der Waals surface area contributed by atoms with Crippen molar-refractivity contribution < 1.29 is 17.4 Å². The van der Waals surface area contributed by atoms with Gasteiger partial charge in [-0.2, -0.15) is 13.4 Å². The van der Waals surface area contributed by atoms with Gasteiger partial charge in [0, 0.05) is 0 Å². The Morgan fingerprint density at radius 2 is 1.74 bits per heavy atom. The average molecular weight is 532 g/mol. The molecule has 0 atom stereocenters. The maximum Gasteiger partial charge on any atom is 0.339 e. The largest absolute Gasteiger partial charge is 0.378 e. The van der Waals surface area contributed by atoms with Gasteiger partial charge in [0.05, 0.1) is 13.9 Å². The molecule has 6 nitrogen and oxygen atoms in total. The molecule has 0 saturated carbocycles. The van der Waals surface area contributed by atoms with Crippen LogP contribution in [0.25, 0.3) is 6.08 Å². The van der Waals surface area contributed by atoms with Crippen molar-refractivity contribution in [3.05, 3.63) is 61.4 Å². The van der Waals surface area contributed by atoms with Crippen molar-refractivity contribution in [3.8, 4) is 5.75 Å². The van der Waals surface area contributed by atoms with Gasteiger partial charge in [0.1, 0.15) is 4.90 Å². The molecule has 2 N–H and O–H groups in total. The summed E-state index contributed by atoms with van der Waals surface area (Å²) in [7, 11) is -3.99. The van der Waals surface area contributed by atoms with Crippen LogP contribution in [0, 0.1) is 6.92 Å². The number of carbonyl (C=O) groups is 1. The van der Waals surface area contributed by atoms with E-state index < -0.39 is 16.0 Å². The molecule has 1 aliphatic heterocycles. The summed E-state index contributed by atoms with van der Waals surface area (Å²) < 4.78 is 31.1. The number of hydrogen-bond acceptors (Lipinski definition) is 6. The Morgan fingerprint density at radius 1 is 1.15 bits per heavy atom. The highest BCUT2D eigenvalue weighted by Gasteiger charge is 2.22. The van der Waals surface area contributed by atoms with E-state index in [1.54, 1.807) is 30.3 Å². The summed E-state index contributed by atoms with van der Waals surface area (Å²) >= 11 is 7.71. The third kappa shape index (κ3) is 4.63. The fourth-order valence-corrected chi connectivity index (χ4v) is 5.43. The molecule has 0 aliphatic carbocycles. The van der Waals surface area contributed by atoms with Crippen LogP contribution in [-0.2, 0) is 14.9 Å². The van der Waals surface area contributed by atoms with Crippen LogP contribution in [-0.4, -0.2) is 19.5 Å². The van der Waals surface area contributed by atoms with Crippen molar-refractivity contribution in [2.45, 2.75) is 11.8 Å². The van der Waals surface area contributed by atoms with Crippen molar-refractivity contribution in [1.29, 1.82) is 0 Å². The summed E-state index contributed by atoms with van der Waals surface area (Å²) in [6.45, 7) is 1.86. The lowest BCUT2D eigenvalue weighted by Crippen LogP contribution is -2.10. The van der Waals surface area contributed by atoms with Gasteiger partial charge in [-0.15, -0.1) is 0 Å². The number of halogens is 2. The first kappa shape index (κ1) is 20.1. The van der Waals surface area contributed by atoms with Crippen LogP contribution in [0.15, 0.2) is 60.1 Å². The van der Waals surface area contributed by atoms with Crippen LogP contribution in [0.2, 0.25) is 0 Å². The monoisotopic (exact) mass is 530 g/mol. The minimum atomic E-state index is -3.99. The van der Waals surface area contributed by atoms with Crippen LogP contribution >= 0.6 is 43.6 Å². The molecule has 0 fully saturated rings. The van der Waals surface area contributed by atoms with E-state index in [2.05, 4.69) is 36.9 Å². The van der Waals surface area contributed by atoms with Gasteiger partial charge in [-0.1, -0.05) is 17.7 Å². The fraction of sp³-hybridized carbons (Fsp3) is 0.0588. The average Bonchev–Trinajstić information content (AvgIpc) is 2.89. The third-order valence-corrected chi connectivity index (χ3v) is 6.68. The normalized spacial score (nSPS) is 15.9. The van der Waals surface area contributed by atoms with E-state index in [-0.39, 0.29) is 15.8 Å². The van der Waals surface area contributed by atoms with E-state index in [1.165, 1.54) is 12.1 Å². The quantitative estimate of drug-likeness (QED) is 0.468. The maximum atomic E-state index is 12.5. The number of amidine groups is 1. The highest BCUT2D eigenvalue weighted by molar-refractivity contribution is 9.11. The second kappa shape index (κ2) is 7.78. The molecule has 140 valence electrons. The standard InChI is InChI=1S/C17H12Br2N2O4S2/c1-9-2-4-11(5-3-9)27(23,24)25-15-12(18)6-10(7-13(15)19)8-14-16(22)21-17(20)26-14/h2-8H,1H3,(H2,20,21,22)/b14-8-. The number of amides is 1. The number of nitrogens with zero attached hydrogens (tertiary/aromatic N) is 1. The summed E-state index contributed by atoms with van der Waals surface area (Å²) in [5.74, 6) is -0.300. The summed E-state index contributed by atoms with van der Waals surface area (Å²) in [5.41, 5.74) is 7.12. The van der Waals surface area contributed by atoms with E-state index in [4.69, 9.17) is 9.92 Å². The molecule has 1 aliphatic rings. The van der Waals surface area contributed by atoms with E-state index in [0.717, 1.165) is 17.3 Å². The lowest BCUT2D eigenvalue weighted by molar-refractivity contribution is -0.113. The second-order valence-electron chi connectivity index (χ2n) is 5.53. The Morgan fingerprint density at radius 3 is 2.26 bits per heavy atom. The Balaban J connectivity index is 1.91. The van der Waals surface area contributed by atoms with E-state index in [1.807, 2.05) is 6.92 Å². The summed E-state index contributed by atoms with van der Waals surface area (Å²) in [6, 6.07) is 9.64. The topological polar surface area (TPSA) is 98.8 Å². The van der Waals surface area contributed by atoms with Gasteiger partial charge >= 0.3 is 10.1 Å². The maximum absolute atomic E-state index is 12.5. The van der Waals surface area contributed by atoms with Gasteiger partial charge in [-0.3, -0.25) is 4.79 Å². The number of thioether (sulfide) groups is 1. The first-order chi connectivity index (χ1) is 12.7. The van der Waals surface area contributed by atoms with Gasteiger partial charge in [0.25, 0.3) is 5.91 Å². The molecule has 0 spiro atoms. The summed E-state index contributed by atoms with van der Waals surface area (Å²) in [6.07, 6.45) is 1.62. The molecule has 10 heteroatoms. The molecule has 0 radical (unpaired) electrons. The van der Waals surface area contributed by atoms with E-state index >= 15 is 0 Å². The third-order valence-electron chi connectivity index (χ3n) is 3.46. The SMILES string of the molecule is Cc1ccc(S(=O)(=O)Oc2c(Br)cc(/C=C3\SC(N)=NC3=O)cc2Br)cc1. The number of nitrogens with two attached hydrogens (primary N) is 1. The van der Waals surface area contributed by atoms with Crippen LogP contribution < -0.4 is 9.92 Å². The number of rotatable bonds is 4. The van der Waals surface area contributed by atoms with Crippen LogP contribution in [0.3, 0.4) is 0 Å². The van der Waals surface area contributed by atoms with Crippen molar-refractivity contribution >= 4 is 70.9 Å². The van der Waals surface area contributed by atoms with Gasteiger partial charge in [0.15, 0.2) is 10.9 Å². The second-order valence-corrected chi connectivity index (χ2v) is 9.85. The molecule has 1 heterocycles. The van der Waals surface area contributed by atoms with Crippen molar-refractivity contribution in [3.63, 3.8) is 0 Å². The van der Waals surface area contributed by atoms with Crippen molar-refractivity contribution in [2.75, 3.05) is 0 Å². The summed E-state index contributed by atoms with van der Waals surface area (Å²) in [4.78, 5) is 15.8. The summed E-state index contributed by atoms with van der Waals surface area (Å²) in [5, 5.41) is 0.188. The number of benzene rings is 2. The van der Waals surface area contributed by atoms with E-state index in [9.17, 15) is 13.2 Å². The zero-order chi connectivity index (χ0) is 19.8. The van der Waals surface area contributed by atoms with Crippen molar-refractivity contribution in [1.82, 2.24) is 0 Å². The molecule has 0 saturated heterocycles. The lowest BCUT2D eigenvalue weighted by atomic mass is 10.2. The van der Waals surface area contributed by atoms with Crippen LogP contribution in [0.1, 0.15) is 11.1 Å². The van der Waals surface area contributed by atoms with Crippen molar-refractivity contribution in [2.24, 2.45) is 10.7 Å². The number of carbonyl (C=O) groups excluding carboxylic acids is 1. The zero-order valence-electron chi connectivity index (χ0n) is 13.8. The number of aryl methyl sites for hydroxylation is 1. The minimum Gasteiger partial charge on any atom is -0.378 e. The highest BCUT2D eigenvalue weighted by atomic mass is 79.9. The predicted octanol–water partition coefficient (Wildman–Crippen LogP) is 4.22. The molecule has 27 heavy (non-hydrogen) atoms. The molecular formula is C17H12Br2N2O4S2. The number of aliphatic imine (C=N–C) groups is 1. The molecular weight excluding hydrogens is 520 g/mol. The molecule has 1 amide bonds. The van der Waals surface area contributed by atoms with Gasteiger partial charge in [-0.25, -0.2) is 0 Å².